The molecule has 0 saturated heterocycles. The first-order valence-corrected chi connectivity index (χ1v) is 30.4. The lowest BCUT2D eigenvalue weighted by Gasteiger charge is -2.31. The van der Waals surface area contributed by atoms with Gasteiger partial charge in [-0.25, -0.2) is 9.69 Å². The molecular weight excluding hydrogens is 1170 g/mol. The van der Waals surface area contributed by atoms with Crippen LogP contribution in [0.1, 0.15) is 124 Å². The average Bonchev–Trinajstić information content (AvgIpc) is 1.59. The zero-order valence-corrected chi connectivity index (χ0v) is 52.3. The number of methoxy groups -OCH3 is 2. The van der Waals surface area contributed by atoms with Gasteiger partial charge in [0.05, 0.1) is 73.7 Å². The number of fused-ring (bicyclic) bond motifs is 4. The summed E-state index contributed by atoms with van der Waals surface area (Å²) in [6, 6.07) is 18.6. The molecule has 4 aromatic rings. The number of ether oxygens (including phenoxy) is 6. The summed E-state index contributed by atoms with van der Waals surface area (Å²) in [6.45, 7) is 9.62. The Hall–Kier alpha value is -9.52. The molecule has 0 aliphatic carbocycles. The van der Waals surface area contributed by atoms with E-state index in [2.05, 4.69) is 29.8 Å². The van der Waals surface area contributed by atoms with E-state index in [-0.39, 0.29) is 72.1 Å². The number of hydrogen-bond acceptors (Lipinski definition) is 16. The number of aliphatic imine (C=N–C) groups is 1. The number of nitrogens with zero attached hydrogens (tertiary/aromatic N) is 6. The second-order valence-corrected chi connectivity index (χ2v) is 23.4. The number of aliphatic hydroxyl groups is 1. The molecule has 0 spiro atoms. The number of carbonyl (C=O) groups excluding carboxylic acids is 7. The van der Waals surface area contributed by atoms with Gasteiger partial charge in [-0.2, -0.15) is 5.26 Å². The van der Waals surface area contributed by atoms with Gasteiger partial charge < -0.3 is 64.2 Å². The number of unbranched alkanes of at least 4 members (excludes halogenated alkanes) is 4. The Morgan fingerprint density at radius 2 is 1.41 bits per heavy atom. The monoisotopic (exact) mass is 1250 g/mol. The third-order valence-corrected chi connectivity index (χ3v) is 16.4. The summed E-state index contributed by atoms with van der Waals surface area (Å²) in [4.78, 5) is 105. The zero-order chi connectivity index (χ0) is 64.3. The van der Waals surface area contributed by atoms with Crippen LogP contribution in [0.3, 0.4) is 0 Å². The Morgan fingerprint density at radius 3 is 2.09 bits per heavy atom. The van der Waals surface area contributed by atoms with Crippen LogP contribution in [0.4, 0.5) is 21.9 Å². The van der Waals surface area contributed by atoms with Crippen LogP contribution in [0.15, 0.2) is 113 Å². The summed E-state index contributed by atoms with van der Waals surface area (Å²) in [6.07, 6.45) is 9.04. The number of benzene rings is 4. The third kappa shape index (κ3) is 15.1. The predicted octanol–water partition coefficient (Wildman–Crippen LogP) is 8.85. The van der Waals surface area contributed by atoms with Crippen molar-refractivity contribution in [1.29, 1.82) is 5.26 Å². The molecule has 5 heterocycles. The number of amides is 7. The minimum absolute atomic E-state index is 0.0618. The van der Waals surface area contributed by atoms with E-state index < -0.39 is 48.2 Å². The van der Waals surface area contributed by atoms with E-state index in [0.717, 1.165) is 22.5 Å². The highest BCUT2D eigenvalue weighted by Crippen LogP contribution is 2.43. The molecule has 23 nitrogen and oxygen atoms in total. The number of nitrogens with one attached hydrogen (secondary N) is 3. The smallest absolute Gasteiger partial charge is 0.416 e. The van der Waals surface area contributed by atoms with Crippen LogP contribution in [0.5, 0.6) is 28.7 Å². The molecule has 5 aliphatic rings. The number of hydrogen-bond donors (Lipinski definition) is 4. The highest BCUT2D eigenvalue weighted by molar-refractivity contribution is 7.22. The van der Waals surface area contributed by atoms with Crippen molar-refractivity contribution in [2.24, 2.45) is 10.9 Å². The van der Waals surface area contributed by atoms with Crippen molar-refractivity contribution < 1.29 is 67.1 Å². The Bertz CT molecular complexity index is 3620. The molecule has 5 atom stereocenters. The maximum absolute atomic E-state index is 14.3. The molecule has 4 unspecified atom stereocenters. The SMILES string of the molecule is COc1cc2c(cc1OCCCCCOc1cc3c(cc1OC)C(=O)N1C=C(C)CC1C(O)N3C(=O)OCc1ccc(NC(=O)C(C)NC(=O)C(NC(=O)CCCCCN3C(=O)C=C(Oc4ccc(C#N)cc4)C3=P)C(C)C)cc1)N=C[C@H]1CC(C)=CN1C2=O. The van der Waals surface area contributed by atoms with Gasteiger partial charge in [-0.15, -0.1) is 0 Å². The molecule has 0 fully saturated rings. The molecule has 24 heteroatoms. The first kappa shape index (κ1) is 64.9. The number of carbonyl (C=O) groups is 7. The van der Waals surface area contributed by atoms with Gasteiger partial charge >= 0.3 is 6.09 Å². The summed E-state index contributed by atoms with van der Waals surface area (Å²) in [5.74, 6) is -0.367. The fourth-order valence-electron chi connectivity index (χ4n) is 11.0. The van der Waals surface area contributed by atoms with E-state index in [4.69, 9.17) is 33.7 Å². The van der Waals surface area contributed by atoms with Gasteiger partial charge in [0, 0.05) is 55.5 Å². The van der Waals surface area contributed by atoms with Gasteiger partial charge in [0.15, 0.2) is 35.0 Å². The molecule has 7 amide bonds. The van der Waals surface area contributed by atoms with Crippen LogP contribution >= 0.6 is 8.86 Å². The van der Waals surface area contributed by atoms with Gasteiger partial charge in [-0.05, 0) is 126 Å². The molecule has 0 radical (unpaired) electrons. The van der Waals surface area contributed by atoms with Crippen LogP contribution in [0.25, 0.3) is 0 Å². The predicted molar refractivity (Wildman–Crippen MR) is 337 cm³/mol. The zero-order valence-electron chi connectivity index (χ0n) is 51.3. The maximum atomic E-state index is 14.3. The molecule has 90 heavy (non-hydrogen) atoms. The van der Waals surface area contributed by atoms with E-state index in [1.807, 2.05) is 26.1 Å². The summed E-state index contributed by atoms with van der Waals surface area (Å²) >= 11 is 0. The lowest BCUT2D eigenvalue weighted by atomic mass is 10.0. The minimum Gasteiger partial charge on any atom is -0.493 e. The van der Waals surface area contributed by atoms with Crippen molar-refractivity contribution in [3.05, 3.63) is 130 Å². The number of anilines is 2. The quantitative estimate of drug-likeness (QED) is 0.0337. The van der Waals surface area contributed by atoms with Crippen LogP contribution in [-0.2, 0) is 30.5 Å². The largest absolute Gasteiger partial charge is 0.493 e. The van der Waals surface area contributed by atoms with Gasteiger partial charge in [0.1, 0.15) is 29.9 Å². The summed E-state index contributed by atoms with van der Waals surface area (Å²) in [7, 11) is 6.48. The van der Waals surface area contributed by atoms with Crippen molar-refractivity contribution >= 4 is 79.1 Å². The molecule has 0 saturated carbocycles. The highest BCUT2D eigenvalue weighted by atomic mass is 31.0. The molecule has 9 rings (SSSR count). The lowest BCUT2D eigenvalue weighted by molar-refractivity contribution is -0.131. The Kier molecular flexibility index (Phi) is 21.1. The number of aliphatic hydroxyl groups excluding tert-OH is 1. The van der Waals surface area contributed by atoms with Crippen molar-refractivity contribution in [3.8, 4) is 34.8 Å². The molecule has 0 aromatic heterocycles. The summed E-state index contributed by atoms with van der Waals surface area (Å²) < 4.78 is 35.3. The maximum Gasteiger partial charge on any atom is 0.416 e. The van der Waals surface area contributed by atoms with Gasteiger partial charge in [0.2, 0.25) is 17.7 Å². The Labute approximate surface area is 524 Å². The van der Waals surface area contributed by atoms with Crippen molar-refractivity contribution in [2.45, 2.75) is 129 Å². The van der Waals surface area contributed by atoms with E-state index in [0.29, 0.717) is 115 Å². The van der Waals surface area contributed by atoms with E-state index in [9.17, 15) is 38.7 Å². The van der Waals surface area contributed by atoms with Crippen LogP contribution in [0, 0.1) is 17.2 Å². The number of rotatable bonds is 26. The highest BCUT2D eigenvalue weighted by Gasteiger charge is 2.45. The van der Waals surface area contributed by atoms with E-state index >= 15 is 0 Å². The molecular formula is C66H74N9O14P. The fraction of sp³-hybridized carbons (Fsp3) is 0.394. The van der Waals surface area contributed by atoms with E-state index in [1.165, 1.54) is 49.2 Å². The van der Waals surface area contributed by atoms with Crippen molar-refractivity contribution in [2.75, 3.05) is 44.2 Å². The van der Waals surface area contributed by atoms with Gasteiger partial charge in [0.25, 0.3) is 17.7 Å². The normalized spacial score (nSPS) is 18.0. The second kappa shape index (κ2) is 29.2. The Balaban J connectivity index is 0.732. The van der Waals surface area contributed by atoms with Crippen LogP contribution in [-0.4, -0.2) is 137 Å². The topological polar surface area (TPSA) is 280 Å². The van der Waals surface area contributed by atoms with Gasteiger partial charge in [-0.3, -0.25) is 33.8 Å². The summed E-state index contributed by atoms with van der Waals surface area (Å²) in [5.41, 5.74) is 4.89. The molecule has 4 aromatic carbocycles. The first-order chi connectivity index (χ1) is 43.2. The lowest BCUT2D eigenvalue weighted by Crippen LogP contribution is -2.53. The molecule has 472 valence electrons. The standard InChI is InChI=1S/C66H74N9O14P/c1-38(2)59(71-57(76)14-10-8-11-23-72-58(77)32-56(65(72)90)89-46-21-17-42(33-67)18-22-46)61(79)69-41(5)60(78)70-44-19-15-43(16-20-44)37-88-66(83)75-50-31-55(53(85-7)29-48(50)63(81)74-36-40(4)27-51(74)64(75)82)87-25-13-9-12-24-86-54-30-49-47(28-52(54)84-6)62(80)73-35-39(3)26-45(73)34-68-49/h15-22,28-32,34-36,38,41,45,51,59,64,82,90H,8-14,23-27,37H2,1-7H3,(H,69,79)(H,70,78)(H,71,76)/t41?,45-,51?,59?,64?/m1/s1. The third-order valence-electron chi connectivity index (χ3n) is 15.9. The van der Waals surface area contributed by atoms with Crippen molar-refractivity contribution in [1.82, 2.24) is 25.3 Å². The Morgan fingerprint density at radius 1 is 0.767 bits per heavy atom. The van der Waals surface area contributed by atoms with Gasteiger partial charge in [-0.1, -0.05) is 52.4 Å². The van der Waals surface area contributed by atoms with E-state index in [1.54, 1.807) is 91.8 Å². The molecule has 5 aliphatic heterocycles. The van der Waals surface area contributed by atoms with Crippen LogP contribution < -0.4 is 44.5 Å². The van der Waals surface area contributed by atoms with Crippen LogP contribution in [0.2, 0.25) is 0 Å². The fourth-order valence-corrected chi connectivity index (χ4v) is 11.3. The molecule has 4 N–H and O–H groups in total. The first-order valence-electron chi connectivity index (χ1n) is 29.9. The van der Waals surface area contributed by atoms with Crippen molar-refractivity contribution in [3.63, 3.8) is 0 Å². The minimum atomic E-state index is -1.52. The number of nitriles is 1. The average molecular weight is 1250 g/mol. The molecule has 0 bridgehead atoms. The second-order valence-electron chi connectivity index (χ2n) is 22.9. The summed E-state index contributed by atoms with van der Waals surface area (Å²) in [5, 5.41) is 29.3.